The maximum absolute atomic E-state index is 12.6. The second-order valence-corrected chi connectivity index (χ2v) is 6.95. The molecule has 4 aromatic rings. The van der Waals surface area contributed by atoms with Crippen LogP contribution < -0.4 is 10.1 Å². The minimum Gasteiger partial charge on any atom is -0.457 e. The number of para-hydroxylation sites is 2. The minimum atomic E-state index is -0.771. The van der Waals surface area contributed by atoms with Crippen molar-refractivity contribution in [3.05, 3.63) is 90.6 Å². The lowest BCUT2D eigenvalue weighted by Gasteiger charge is -2.08. The van der Waals surface area contributed by atoms with Crippen LogP contribution in [0.3, 0.4) is 0 Å². The number of aliphatic imine (C=N–C) groups is 1. The summed E-state index contributed by atoms with van der Waals surface area (Å²) in [6.45, 7) is 0. The van der Waals surface area contributed by atoms with Crippen LogP contribution >= 0.6 is 0 Å². The molecule has 0 aliphatic carbocycles. The predicted octanol–water partition coefficient (Wildman–Crippen LogP) is 4.47. The molecule has 30 heavy (non-hydrogen) atoms. The zero-order valence-electron chi connectivity index (χ0n) is 15.8. The summed E-state index contributed by atoms with van der Waals surface area (Å²) in [5, 5.41) is 3.28. The van der Waals surface area contributed by atoms with E-state index >= 15 is 0 Å². The van der Waals surface area contributed by atoms with E-state index in [9.17, 15) is 9.59 Å². The molecule has 1 atom stereocenters. The summed E-state index contributed by atoms with van der Waals surface area (Å²) >= 11 is 0. The van der Waals surface area contributed by atoms with Crippen LogP contribution in [0.2, 0.25) is 0 Å². The molecule has 0 radical (unpaired) electrons. The van der Waals surface area contributed by atoms with Gasteiger partial charge in [-0.1, -0.05) is 42.5 Å². The number of hydrogen-bond acceptors (Lipinski definition) is 4. The number of amides is 2. The molecule has 2 heterocycles. The molecule has 1 fully saturated rings. The smallest absolute Gasteiger partial charge is 0.273 e. The van der Waals surface area contributed by atoms with Gasteiger partial charge in [-0.3, -0.25) is 14.9 Å². The summed E-state index contributed by atoms with van der Waals surface area (Å²) in [5.74, 6) is -0.332. The van der Waals surface area contributed by atoms with Gasteiger partial charge in [-0.25, -0.2) is 4.99 Å². The lowest BCUT2D eigenvalue weighted by molar-refractivity contribution is -0.124. The van der Waals surface area contributed by atoms with Gasteiger partial charge in [-0.05, 0) is 35.9 Å². The number of fused-ring (bicyclic) bond motifs is 1. The fraction of sp³-hybridized carbons (Fsp3) is 0.0417. The number of H-pyrrole nitrogens is 1. The summed E-state index contributed by atoms with van der Waals surface area (Å²) in [6, 6.07) is 24.2. The summed E-state index contributed by atoms with van der Waals surface area (Å²) in [6.07, 6.45) is 1.76. The van der Waals surface area contributed by atoms with E-state index in [1.54, 1.807) is 24.4 Å². The fourth-order valence-corrected chi connectivity index (χ4v) is 3.62. The summed E-state index contributed by atoms with van der Waals surface area (Å²) in [5.41, 5.74) is 2.33. The van der Waals surface area contributed by atoms with Gasteiger partial charge in [0, 0.05) is 23.2 Å². The van der Waals surface area contributed by atoms with E-state index in [0.29, 0.717) is 17.2 Å². The van der Waals surface area contributed by atoms with Gasteiger partial charge in [0.2, 0.25) is 5.91 Å². The number of aromatic amines is 1. The summed E-state index contributed by atoms with van der Waals surface area (Å²) in [4.78, 5) is 32.8. The van der Waals surface area contributed by atoms with Gasteiger partial charge in [0.15, 0.2) is 0 Å². The second-order valence-electron chi connectivity index (χ2n) is 6.95. The Kier molecular flexibility index (Phi) is 4.37. The van der Waals surface area contributed by atoms with E-state index in [1.807, 2.05) is 60.7 Å². The fourth-order valence-electron chi connectivity index (χ4n) is 3.62. The lowest BCUT2D eigenvalue weighted by Crippen LogP contribution is -2.22. The van der Waals surface area contributed by atoms with Crippen molar-refractivity contribution in [1.82, 2.24) is 10.3 Å². The van der Waals surface area contributed by atoms with Crippen LogP contribution in [0.15, 0.2) is 90.1 Å². The molecule has 2 N–H and O–H groups in total. The number of benzene rings is 3. The molecule has 6 heteroatoms. The number of rotatable bonds is 4. The average molecular weight is 395 g/mol. The van der Waals surface area contributed by atoms with Crippen molar-refractivity contribution in [2.45, 2.75) is 5.92 Å². The molecule has 6 nitrogen and oxygen atoms in total. The average Bonchev–Trinajstić information content (AvgIpc) is 3.29. The number of carbonyl (C=O) groups excluding carboxylic acids is 2. The third-order valence-corrected chi connectivity index (χ3v) is 4.98. The Morgan fingerprint density at radius 3 is 2.47 bits per heavy atom. The van der Waals surface area contributed by atoms with Crippen LogP contribution in [0.25, 0.3) is 10.9 Å². The zero-order valence-corrected chi connectivity index (χ0v) is 15.8. The molecule has 1 aromatic heterocycles. The van der Waals surface area contributed by atoms with E-state index < -0.39 is 11.8 Å². The Morgan fingerprint density at radius 2 is 1.60 bits per heavy atom. The Balaban J connectivity index is 1.52. The first-order valence-corrected chi connectivity index (χ1v) is 9.52. The van der Waals surface area contributed by atoms with Crippen molar-refractivity contribution >= 4 is 34.1 Å². The largest absolute Gasteiger partial charge is 0.457 e. The van der Waals surface area contributed by atoms with Crippen LogP contribution in [-0.4, -0.2) is 22.5 Å². The monoisotopic (exact) mass is 395 g/mol. The molecular weight excluding hydrogens is 378 g/mol. The highest BCUT2D eigenvalue weighted by Crippen LogP contribution is 2.32. The Bertz CT molecular complexity index is 1290. The SMILES string of the molecule is O=C1NC(=O)C(c2c[nH]c3ccccc23)C1=Nc1cccc(Oc2ccccc2)c1. The number of carbonyl (C=O) groups is 2. The Labute approximate surface area is 172 Å². The second kappa shape index (κ2) is 7.33. The first-order chi connectivity index (χ1) is 14.7. The number of imide groups is 1. The first kappa shape index (κ1) is 17.9. The van der Waals surface area contributed by atoms with Crippen LogP contribution in [0.5, 0.6) is 11.5 Å². The van der Waals surface area contributed by atoms with E-state index in [4.69, 9.17) is 4.74 Å². The molecule has 0 spiro atoms. The maximum atomic E-state index is 12.6. The van der Waals surface area contributed by atoms with Crippen LogP contribution in [0, 0.1) is 0 Å². The van der Waals surface area contributed by atoms with Crippen LogP contribution in [-0.2, 0) is 9.59 Å². The quantitative estimate of drug-likeness (QED) is 0.500. The van der Waals surface area contributed by atoms with Gasteiger partial charge >= 0.3 is 0 Å². The van der Waals surface area contributed by atoms with E-state index in [2.05, 4.69) is 15.3 Å². The van der Waals surface area contributed by atoms with Gasteiger partial charge in [-0.15, -0.1) is 0 Å². The number of ether oxygens (including phenoxy) is 1. The lowest BCUT2D eigenvalue weighted by atomic mass is 9.95. The zero-order chi connectivity index (χ0) is 20.5. The Morgan fingerprint density at radius 1 is 0.833 bits per heavy atom. The molecule has 5 rings (SSSR count). The molecule has 1 aliphatic heterocycles. The molecule has 1 aliphatic rings. The van der Waals surface area contributed by atoms with Gasteiger partial charge in [0.05, 0.1) is 5.69 Å². The predicted molar refractivity (Wildman–Crippen MR) is 114 cm³/mol. The normalized spacial score (nSPS) is 17.5. The highest BCUT2D eigenvalue weighted by Gasteiger charge is 2.40. The standard InChI is InChI=1S/C24H17N3O3/c28-23-21(19-14-25-20-12-5-4-11-18(19)20)22(24(29)27-23)26-15-7-6-10-17(13-15)30-16-8-2-1-3-9-16/h1-14,21,25H,(H,27,28,29). The third-order valence-electron chi connectivity index (χ3n) is 4.98. The summed E-state index contributed by atoms with van der Waals surface area (Å²) < 4.78 is 5.85. The number of hydrogen-bond donors (Lipinski definition) is 2. The number of nitrogens with one attached hydrogen (secondary N) is 2. The minimum absolute atomic E-state index is 0.168. The van der Waals surface area contributed by atoms with Crippen molar-refractivity contribution in [1.29, 1.82) is 0 Å². The van der Waals surface area contributed by atoms with Crippen molar-refractivity contribution in [2.75, 3.05) is 0 Å². The number of nitrogens with zero attached hydrogens (tertiary/aromatic N) is 1. The summed E-state index contributed by atoms with van der Waals surface area (Å²) in [7, 11) is 0. The molecule has 146 valence electrons. The topological polar surface area (TPSA) is 83.5 Å². The highest BCUT2D eigenvalue weighted by molar-refractivity contribution is 6.52. The van der Waals surface area contributed by atoms with E-state index in [0.717, 1.165) is 16.5 Å². The van der Waals surface area contributed by atoms with Crippen molar-refractivity contribution in [3.63, 3.8) is 0 Å². The molecule has 0 bridgehead atoms. The molecule has 1 saturated heterocycles. The molecular formula is C24H17N3O3. The molecule has 0 saturated carbocycles. The highest BCUT2D eigenvalue weighted by atomic mass is 16.5. The molecule has 1 unspecified atom stereocenters. The van der Waals surface area contributed by atoms with Gasteiger partial charge in [-0.2, -0.15) is 0 Å². The third kappa shape index (κ3) is 3.24. The van der Waals surface area contributed by atoms with Crippen LogP contribution in [0.1, 0.15) is 11.5 Å². The van der Waals surface area contributed by atoms with Crippen LogP contribution in [0.4, 0.5) is 5.69 Å². The van der Waals surface area contributed by atoms with Crippen molar-refractivity contribution in [3.8, 4) is 11.5 Å². The molecule has 3 aromatic carbocycles. The van der Waals surface area contributed by atoms with Gasteiger partial charge < -0.3 is 9.72 Å². The molecule has 2 amide bonds. The van der Waals surface area contributed by atoms with E-state index in [1.165, 1.54) is 0 Å². The van der Waals surface area contributed by atoms with E-state index in [-0.39, 0.29) is 11.6 Å². The van der Waals surface area contributed by atoms with Crippen molar-refractivity contribution < 1.29 is 14.3 Å². The van der Waals surface area contributed by atoms with Gasteiger partial charge in [0.1, 0.15) is 23.1 Å². The number of aromatic nitrogens is 1. The van der Waals surface area contributed by atoms with Crippen molar-refractivity contribution in [2.24, 2.45) is 4.99 Å². The van der Waals surface area contributed by atoms with Gasteiger partial charge in [0.25, 0.3) is 5.91 Å². The maximum Gasteiger partial charge on any atom is 0.273 e. The first-order valence-electron chi connectivity index (χ1n) is 9.52. The Hall–Kier alpha value is -4.19.